The molecule has 2 aliphatic rings. The molecule has 5 heteroatoms. The van der Waals surface area contributed by atoms with Crippen molar-refractivity contribution >= 4 is 38.4 Å². The number of anilines is 1. The highest BCUT2D eigenvalue weighted by Crippen LogP contribution is 2.56. The van der Waals surface area contributed by atoms with Crippen molar-refractivity contribution in [2.45, 2.75) is 18.0 Å². The monoisotopic (exact) mass is 395 g/mol. The minimum absolute atomic E-state index is 0.0106. The molecule has 0 aliphatic carbocycles. The van der Waals surface area contributed by atoms with Crippen molar-refractivity contribution < 1.29 is 4.79 Å². The van der Waals surface area contributed by atoms with Gasteiger partial charge in [-0.25, -0.2) is 0 Å². The first kappa shape index (κ1) is 15.0. The fourth-order valence-corrected chi connectivity index (χ4v) is 5.23. The summed E-state index contributed by atoms with van der Waals surface area (Å²) < 4.78 is 1.04. The molecule has 3 aromatic rings. The summed E-state index contributed by atoms with van der Waals surface area (Å²) in [5.41, 5.74) is 4.36. The summed E-state index contributed by atoms with van der Waals surface area (Å²) in [5.74, 6) is 0.188. The minimum atomic E-state index is -0.362. The molecule has 1 saturated heterocycles. The van der Waals surface area contributed by atoms with E-state index in [1.807, 2.05) is 18.0 Å². The molecule has 0 spiro atoms. The first-order chi connectivity index (χ1) is 12.0. The van der Waals surface area contributed by atoms with Crippen LogP contribution in [0.2, 0.25) is 0 Å². The van der Waals surface area contributed by atoms with Crippen molar-refractivity contribution in [2.24, 2.45) is 0 Å². The largest absolute Gasteiger partial charge is 0.361 e. The van der Waals surface area contributed by atoms with Crippen LogP contribution in [-0.2, 0) is 10.2 Å². The van der Waals surface area contributed by atoms with Crippen LogP contribution in [0.3, 0.4) is 0 Å². The van der Waals surface area contributed by atoms with Gasteiger partial charge in [-0.15, -0.1) is 0 Å². The van der Waals surface area contributed by atoms with Crippen molar-refractivity contribution in [3.63, 3.8) is 0 Å². The number of carbonyl (C=O) groups is 1. The van der Waals surface area contributed by atoms with Crippen molar-refractivity contribution in [1.29, 1.82) is 0 Å². The van der Waals surface area contributed by atoms with Gasteiger partial charge in [-0.3, -0.25) is 4.79 Å². The molecule has 126 valence electrons. The van der Waals surface area contributed by atoms with Gasteiger partial charge < -0.3 is 14.8 Å². The maximum absolute atomic E-state index is 12.7. The molecule has 0 unspecified atom stereocenters. The number of amides is 1. The molecule has 2 atom stereocenters. The number of para-hydroxylation sites is 1. The standard InChI is InChI=1S/C20H18BrN3O/c1-23-17-8-7-12(21)9-14(17)20(10-18(25)24(2)19(20)23)15-11-22-16-6-4-3-5-13(15)16/h3-9,11,19,22H,10H2,1-2H3/t19-,20-/m0/s1. The maximum atomic E-state index is 12.7. The molecule has 1 fully saturated rings. The number of rotatable bonds is 1. The topological polar surface area (TPSA) is 39.3 Å². The average Bonchev–Trinajstić information content (AvgIpc) is 3.21. The lowest BCUT2D eigenvalue weighted by Crippen LogP contribution is -2.47. The quantitative estimate of drug-likeness (QED) is 0.679. The molecule has 1 aromatic heterocycles. The zero-order valence-corrected chi connectivity index (χ0v) is 15.7. The van der Waals surface area contributed by atoms with E-state index in [4.69, 9.17) is 0 Å². The molecule has 0 saturated carbocycles. The number of carbonyl (C=O) groups excluding carboxylic acids is 1. The van der Waals surface area contributed by atoms with Gasteiger partial charge in [0.1, 0.15) is 6.17 Å². The van der Waals surface area contributed by atoms with E-state index in [1.54, 1.807) is 0 Å². The Morgan fingerprint density at radius 3 is 2.76 bits per heavy atom. The molecule has 2 aliphatic heterocycles. The highest BCUT2D eigenvalue weighted by molar-refractivity contribution is 9.10. The van der Waals surface area contributed by atoms with Crippen molar-refractivity contribution in [1.82, 2.24) is 9.88 Å². The summed E-state index contributed by atoms with van der Waals surface area (Å²) in [5, 5.41) is 1.19. The summed E-state index contributed by atoms with van der Waals surface area (Å²) >= 11 is 3.62. The number of likely N-dealkylation sites (tertiary alicyclic amines) is 1. The van der Waals surface area contributed by atoms with Crippen LogP contribution in [0.15, 0.2) is 53.1 Å². The second-order valence-electron chi connectivity index (χ2n) is 7.05. The first-order valence-corrected chi connectivity index (χ1v) is 9.18. The van der Waals surface area contributed by atoms with E-state index in [0.717, 1.165) is 9.99 Å². The van der Waals surface area contributed by atoms with E-state index in [9.17, 15) is 4.79 Å². The summed E-state index contributed by atoms with van der Waals surface area (Å²) in [6, 6.07) is 14.7. The molecule has 0 bridgehead atoms. The third-order valence-electron chi connectivity index (χ3n) is 5.89. The van der Waals surface area contributed by atoms with E-state index >= 15 is 0 Å². The summed E-state index contributed by atoms with van der Waals surface area (Å²) in [6.45, 7) is 0. The Labute approximate surface area is 154 Å². The van der Waals surface area contributed by atoms with Crippen LogP contribution in [-0.4, -0.2) is 36.1 Å². The van der Waals surface area contributed by atoms with Gasteiger partial charge in [0.2, 0.25) is 5.91 Å². The number of halogens is 1. The number of fused-ring (bicyclic) bond motifs is 4. The molecule has 1 amide bonds. The second-order valence-corrected chi connectivity index (χ2v) is 7.96. The van der Waals surface area contributed by atoms with Crippen LogP contribution in [0, 0.1) is 0 Å². The van der Waals surface area contributed by atoms with Gasteiger partial charge in [0.05, 0.1) is 5.41 Å². The molecule has 25 heavy (non-hydrogen) atoms. The number of aromatic nitrogens is 1. The second kappa shape index (κ2) is 4.88. The van der Waals surface area contributed by atoms with E-state index in [0.29, 0.717) is 6.42 Å². The lowest BCUT2D eigenvalue weighted by atomic mass is 9.73. The molecule has 1 N–H and O–H groups in total. The van der Waals surface area contributed by atoms with Crippen molar-refractivity contribution in [3.05, 3.63) is 64.3 Å². The van der Waals surface area contributed by atoms with E-state index in [-0.39, 0.29) is 17.5 Å². The highest BCUT2D eigenvalue weighted by atomic mass is 79.9. The Morgan fingerprint density at radius 2 is 1.92 bits per heavy atom. The van der Waals surface area contributed by atoms with Crippen LogP contribution in [0.4, 0.5) is 5.69 Å². The van der Waals surface area contributed by atoms with Crippen LogP contribution >= 0.6 is 15.9 Å². The third-order valence-corrected chi connectivity index (χ3v) is 6.38. The fourth-order valence-electron chi connectivity index (χ4n) is 4.87. The highest BCUT2D eigenvalue weighted by Gasteiger charge is 2.60. The molecular formula is C20H18BrN3O. The predicted octanol–water partition coefficient (Wildman–Crippen LogP) is 3.85. The van der Waals surface area contributed by atoms with Gasteiger partial charge >= 0.3 is 0 Å². The zero-order chi connectivity index (χ0) is 17.3. The van der Waals surface area contributed by atoms with Crippen molar-refractivity contribution in [2.75, 3.05) is 19.0 Å². The van der Waals surface area contributed by atoms with Gasteiger partial charge in [-0.05, 0) is 35.4 Å². The van der Waals surface area contributed by atoms with Gasteiger partial charge in [0.15, 0.2) is 0 Å². The van der Waals surface area contributed by atoms with Crippen LogP contribution < -0.4 is 4.90 Å². The van der Waals surface area contributed by atoms with E-state index in [2.05, 4.69) is 75.5 Å². The van der Waals surface area contributed by atoms with Gasteiger partial charge in [0.25, 0.3) is 0 Å². The number of aromatic amines is 1. The van der Waals surface area contributed by atoms with Gasteiger partial charge in [-0.1, -0.05) is 34.1 Å². The number of H-pyrrole nitrogens is 1. The van der Waals surface area contributed by atoms with Gasteiger partial charge in [0, 0.05) is 47.8 Å². The number of hydrogen-bond donors (Lipinski definition) is 1. The van der Waals surface area contributed by atoms with E-state index < -0.39 is 0 Å². The SMILES string of the molecule is CN1C(=O)C[C@@]2(c3c[nH]c4ccccc34)c3cc(Br)ccc3N(C)[C@@H]12. The molecule has 4 nitrogen and oxygen atoms in total. The minimum Gasteiger partial charge on any atom is -0.361 e. The number of nitrogens with one attached hydrogen (secondary N) is 1. The van der Waals surface area contributed by atoms with E-state index in [1.165, 1.54) is 22.2 Å². The van der Waals surface area contributed by atoms with Crippen molar-refractivity contribution in [3.8, 4) is 0 Å². The van der Waals surface area contributed by atoms with Gasteiger partial charge in [-0.2, -0.15) is 0 Å². The Balaban J connectivity index is 1.88. The summed E-state index contributed by atoms with van der Waals surface area (Å²) in [4.78, 5) is 20.3. The molecular weight excluding hydrogens is 378 g/mol. The molecule has 0 radical (unpaired) electrons. The molecule has 3 heterocycles. The number of nitrogens with zero attached hydrogens (tertiary/aromatic N) is 2. The predicted molar refractivity (Wildman–Crippen MR) is 103 cm³/mol. The lowest BCUT2D eigenvalue weighted by molar-refractivity contribution is -0.127. The first-order valence-electron chi connectivity index (χ1n) is 8.39. The number of hydrogen-bond acceptors (Lipinski definition) is 2. The summed E-state index contributed by atoms with van der Waals surface area (Å²) in [6.07, 6.45) is 2.57. The normalized spacial score (nSPS) is 24.9. The lowest BCUT2D eigenvalue weighted by Gasteiger charge is -2.34. The molecule has 2 aromatic carbocycles. The van der Waals surface area contributed by atoms with Crippen LogP contribution in [0.5, 0.6) is 0 Å². The number of benzene rings is 2. The Morgan fingerprint density at radius 1 is 1.12 bits per heavy atom. The Hall–Kier alpha value is -2.27. The maximum Gasteiger partial charge on any atom is 0.225 e. The third kappa shape index (κ3) is 1.74. The fraction of sp³-hybridized carbons (Fsp3) is 0.250. The van der Waals surface area contributed by atoms with Crippen LogP contribution in [0.1, 0.15) is 17.5 Å². The van der Waals surface area contributed by atoms with Crippen LogP contribution in [0.25, 0.3) is 10.9 Å². The molecule has 5 rings (SSSR count). The Bertz CT molecular complexity index is 1030. The average molecular weight is 396 g/mol. The number of likely N-dealkylation sites (N-methyl/N-ethyl adjacent to an activating group) is 2. The zero-order valence-electron chi connectivity index (χ0n) is 14.1. The smallest absolute Gasteiger partial charge is 0.225 e. The Kier molecular flexibility index (Phi) is 2.93. The summed E-state index contributed by atoms with van der Waals surface area (Å²) in [7, 11) is 4.00.